The van der Waals surface area contributed by atoms with Gasteiger partial charge in [0.2, 0.25) is 0 Å². The smallest absolute Gasteiger partial charge is 0.140 e. The molecular weight excluding hydrogens is 296 g/mol. The van der Waals surface area contributed by atoms with Gasteiger partial charge in [-0.3, -0.25) is 9.59 Å². The minimum Gasteiger partial charge on any atom is -0.299 e. The number of hydrogen-bond donors (Lipinski definition) is 0. The number of rotatable bonds is 2. The van der Waals surface area contributed by atoms with Crippen molar-refractivity contribution in [3.8, 4) is 0 Å². The van der Waals surface area contributed by atoms with Crippen molar-refractivity contribution in [1.82, 2.24) is 0 Å². The molecule has 0 aliphatic heterocycles. The fourth-order valence-corrected chi connectivity index (χ4v) is 5.51. The zero-order valence-electron chi connectivity index (χ0n) is 16.0. The van der Waals surface area contributed by atoms with E-state index >= 15 is 0 Å². The van der Waals surface area contributed by atoms with Crippen molar-refractivity contribution in [3.63, 3.8) is 0 Å². The zero-order valence-corrected chi connectivity index (χ0v) is 16.0. The molecule has 0 N–H and O–H groups in total. The summed E-state index contributed by atoms with van der Waals surface area (Å²) in [5, 5.41) is 0. The van der Waals surface area contributed by atoms with Crippen LogP contribution in [0.4, 0.5) is 0 Å². The van der Waals surface area contributed by atoms with Crippen molar-refractivity contribution in [1.29, 1.82) is 0 Å². The first-order valence-electron chi connectivity index (χ1n) is 9.33. The molecule has 2 aliphatic rings. The van der Waals surface area contributed by atoms with Crippen LogP contribution in [0.1, 0.15) is 91.7 Å². The highest BCUT2D eigenvalue weighted by atomic mass is 16.1. The minimum absolute atomic E-state index is 0.0870. The minimum atomic E-state index is 0.0870. The molecular formula is C22H30O2. The van der Waals surface area contributed by atoms with Crippen LogP contribution in [-0.2, 0) is 16.0 Å². The van der Waals surface area contributed by atoms with E-state index in [1.165, 1.54) is 33.4 Å². The van der Waals surface area contributed by atoms with Crippen molar-refractivity contribution in [2.24, 2.45) is 5.41 Å². The Hall–Kier alpha value is -1.44. The van der Waals surface area contributed by atoms with E-state index < -0.39 is 0 Å². The maximum absolute atomic E-state index is 12.0. The number of carbonyl (C=O) groups is 2. The molecule has 1 saturated carbocycles. The van der Waals surface area contributed by atoms with E-state index in [1.54, 1.807) is 0 Å². The van der Waals surface area contributed by atoms with Gasteiger partial charge in [-0.2, -0.15) is 0 Å². The normalized spacial score (nSPS) is 23.7. The fourth-order valence-electron chi connectivity index (χ4n) is 5.51. The molecule has 2 heteroatoms. The molecule has 1 aromatic carbocycles. The van der Waals surface area contributed by atoms with Crippen molar-refractivity contribution < 1.29 is 9.59 Å². The first-order valence-corrected chi connectivity index (χ1v) is 9.33. The van der Waals surface area contributed by atoms with Gasteiger partial charge in [0.15, 0.2) is 0 Å². The molecule has 0 heterocycles. The van der Waals surface area contributed by atoms with Crippen LogP contribution in [0.25, 0.3) is 0 Å². The standard InChI is InChI=1S/C22H30O2/c1-7-19-21-14(4)20(15-8-16(23)10-17(24)9-15)13(3)12(2)18(21)11-22(19,5)6/h15,19H,7-11H2,1-6H3. The average Bonchev–Trinajstić information content (AvgIpc) is 2.75. The van der Waals surface area contributed by atoms with Crippen LogP contribution in [0.2, 0.25) is 0 Å². The highest BCUT2D eigenvalue weighted by Crippen LogP contribution is 2.53. The first-order chi connectivity index (χ1) is 11.2. The lowest BCUT2D eigenvalue weighted by Crippen LogP contribution is -2.23. The van der Waals surface area contributed by atoms with E-state index in [2.05, 4.69) is 41.5 Å². The zero-order chi connectivity index (χ0) is 17.8. The van der Waals surface area contributed by atoms with Crippen LogP contribution in [0.15, 0.2) is 0 Å². The molecule has 0 bridgehead atoms. The third kappa shape index (κ3) is 2.55. The molecule has 0 amide bonds. The number of hydrogen-bond acceptors (Lipinski definition) is 2. The Morgan fingerprint density at radius 1 is 0.917 bits per heavy atom. The van der Waals surface area contributed by atoms with Crippen LogP contribution < -0.4 is 0 Å². The first kappa shape index (κ1) is 17.4. The molecule has 0 radical (unpaired) electrons. The molecule has 2 aliphatic carbocycles. The maximum Gasteiger partial charge on any atom is 0.140 e. The van der Waals surface area contributed by atoms with E-state index in [9.17, 15) is 9.59 Å². The van der Waals surface area contributed by atoms with Crippen LogP contribution in [0.3, 0.4) is 0 Å². The Balaban J connectivity index is 2.19. The summed E-state index contributed by atoms with van der Waals surface area (Å²) in [6.07, 6.45) is 3.49. The summed E-state index contributed by atoms with van der Waals surface area (Å²) in [5.74, 6) is 0.880. The largest absolute Gasteiger partial charge is 0.299 e. The van der Waals surface area contributed by atoms with Gasteiger partial charge >= 0.3 is 0 Å². The summed E-state index contributed by atoms with van der Waals surface area (Å²) in [4.78, 5) is 24.0. The molecule has 1 aromatic rings. The van der Waals surface area contributed by atoms with Crippen LogP contribution >= 0.6 is 0 Å². The van der Waals surface area contributed by atoms with Gasteiger partial charge < -0.3 is 0 Å². The Morgan fingerprint density at radius 3 is 2.04 bits per heavy atom. The quantitative estimate of drug-likeness (QED) is 0.709. The molecule has 130 valence electrons. The molecule has 1 atom stereocenters. The van der Waals surface area contributed by atoms with Crippen LogP contribution in [0.5, 0.6) is 0 Å². The Bertz CT molecular complexity index is 708. The van der Waals surface area contributed by atoms with Gasteiger partial charge in [-0.05, 0) is 84.2 Å². The summed E-state index contributed by atoms with van der Waals surface area (Å²) in [6.45, 7) is 13.7. The molecule has 2 nitrogen and oxygen atoms in total. The van der Waals surface area contributed by atoms with Gasteiger partial charge in [-0.15, -0.1) is 0 Å². The van der Waals surface area contributed by atoms with Crippen molar-refractivity contribution in [2.45, 2.75) is 85.5 Å². The molecule has 3 rings (SSSR count). The number of ketones is 2. The molecule has 0 aromatic heterocycles. The Labute approximate surface area is 146 Å². The molecule has 0 spiro atoms. The Kier molecular flexibility index (Phi) is 4.22. The van der Waals surface area contributed by atoms with Gasteiger partial charge in [-0.1, -0.05) is 20.8 Å². The summed E-state index contributed by atoms with van der Waals surface area (Å²) in [7, 11) is 0. The summed E-state index contributed by atoms with van der Waals surface area (Å²) < 4.78 is 0. The lowest BCUT2D eigenvalue weighted by Gasteiger charge is -2.30. The molecule has 1 fully saturated rings. The fraction of sp³-hybridized carbons (Fsp3) is 0.636. The van der Waals surface area contributed by atoms with Gasteiger partial charge in [-0.25, -0.2) is 0 Å². The van der Waals surface area contributed by atoms with Gasteiger partial charge in [0, 0.05) is 12.8 Å². The second kappa shape index (κ2) is 5.82. The molecule has 1 unspecified atom stereocenters. The lowest BCUT2D eigenvalue weighted by atomic mass is 9.74. The number of fused-ring (bicyclic) bond motifs is 1. The van der Waals surface area contributed by atoms with Crippen molar-refractivity contribution >= 4 is 11.6 Å². The maximum atomic E-state index is 12.0. The van der Waals surface area contributed by atoms with Gasteiger partial charge in [0.25, 0.3) is 0 Å². The second-order valence-corrected chi connectivity index (χ2v) is 8.67. The van der Waals surface area contributed by atoms with Gasteiger partial charge in [0.05, 0.1) is 6.42 Å². The highest BCUT2D eigenvalue weighted by molar-refractivity contribution is 6.02. The number of carbonyl (C=O) groups excluding carboxylic acids is 2. The SMILES string of the molecule is CCC1c2c(C)c(C3CC(=O)CC(=O)C3)c(C)c(C)c2CC1(C)C. The molecule has 24 heavy (non-hydrogen) atoms. The monoisotopic (exact) mass is 326 g/mol. The van der Waals surface area contributed by atoms with E-state index in [0.29, 0.717) is 18.8 Å². The Morgan fingerprint density at radius 2 is 1.50 bits per heavy atom. The summed E-state index contributed by atoms with van der Waals surface area (Å²) >= 11 is 0. The third-order valence-corrected chi connectivity index (χ3v) is 6.64. The molecule has 0 saturated heterocycles. The van der Waals surface area contributed by atoms with E-state index in [4.69, 9.17) is 0 Å². The second-order valence-electron chi connectivity index (χ2n) is 8.67. The van der Waals surface area contributed by atoms with Crippen molar-refractivity contribution in [3.05, 3.63) is 33.4 Å². The van der Waals surface area contributed by atoms with E-state index in [1.807, 2.05) is 0 Å². The van der Waals surface area contributed by atoms with Crippen LogP contribution in [-0.4, -0.2) is 11.6 Å². The van der Waals surface area contributed by atoms with E-state index in [-0.39, 0.29) is 29.3 Å². The predicted octanol–water partition coefficient (Wildman–Crippen LogP) is 5.09. The predicted molar refractivity (Wildman–Crippen MR) is 97.8 cm³/mol. The van der Waals surface area contributed by atoms with Crippen LogP contribution in [0, 0.1) is 26.2 Å². The van der Waals surface area contributed by atoms with E-state index in [0.717, 1.165) is 12.8 Å². The highest BCUT2D eigenvalue weighted by Gasteiger charge is 2.41. The summed E-state index contributed by atoms with van der Waals surface area (Å²) in [6, 6.07) is 0. The average molecular weight is 326 g/mol. The topological polar surface area (TPSA) is 34.1 Å². The van der Waals surface area contributed by atoms with Gasteiger partial charge in [0.1, 0.15) is 11.6 Å². The van der Waals surface area contributed by atoms with Crippen molar-refractivity contribution in [2.75, 3.05) is 0 Å². The third-order valence-electron chi connectivity index (χ3n) is 6.64. The number of benzene rings is 1. The number of Topliss-reactive ketones (excluding diaryl/α,β-unsaturated/α-hetero) is 2. The lowest BCUT2D eigenvalue weighted by molar-refractivity contribution is -0.130. The summed E-state index contributed by atoms with van der Waals surface area (Å²) in [5.41, 5.74) is 8.69.